The average Bonchev–Trinajstić information content (AvgIpc) is 2.28. The lowest BCUT2D eigenvalue weighted by Gasteiger charge is -2.25. The van der Waals surface area contributed by atoms with E-state index in [-0.39, 0.29) is 5.56 Å². The third kappa shape index (κ3) is 3.37. The number of hydrogen-bond donors (Lipinski definition) is 1. The van der Waals surface area contributed by atoms with Gasteiger partial charge in [0.25, 0.3) is 0 Å². The highest BCUT2D eigenvalue weighted by molar-refractivity contribution is 6.34. The highest BCUT2D eigenvalue weighted by Gasteiger charge is 2.18. The van der Waals surface area contributed by atoms with E-state index in [4.69, 9.17) is 11.6 Å². The summed E-state index contributed by atoms with van der Waals surface area (Å²) in [5.74, 6) is -0.970. The highest BCUT2D eigenvalue weighted by Crippen LogP contribution is 2.27. The molecule has 0 aromatic heterocycles. The second kappa shape index (κ2) is 6.50. The van der Waals surface area contributed by atoms with Crippen LogP contribution in [0.15, 0.2) is 18.2 Å². The Kier molecular flexibility index (Phi) is 5.29. The third-order valence-electron chi connectivity index (χ3n) is 2.53. The van der Waals surface area contributed by atoms with E-state index >= 15 is 0 Å². The lowest BCUT2D eigenvalue weighted by Crippen LogP contribution is -2.26. The van der Waals surface area contributed by atoms with Gasteiger partial charge in [-0.25, -0.2) is 4.79 Å². The molecule has 4 heteroatoms. The standard InChI is InChI=1S/C13H18ClNO2/c1-3-8-15(9-4-2)11-7-5-6-10(14)12(11)13(16)17/h5-7H,3-4,8-9H2,1-2H3,(H,16,17). The van der Waals surface area contributed by atoms with Gasteiger partial charge >= 0.3 is 5.97 Å². The molecule has 0 spiro atoms. The predicted octanol–water partition coefficient (Wildman–Crippen LogP) is 3.66. The first-order valence-electron chi connectivity index (χ1n) is 5.88. The summed E-state index contributed by atoms with van der Waals surface area (Å²) in [6.45, 7) is 5.84. The van der Waals surface area contributed by atoms with E-state index in [2.05, 4.69) is 18.7 Å². The molecule has 0 aliphatic rings. The minimum atomic E-state index is -0.970. The average molecular weight is 256 g/mol. The Balaban J connectivity index is 3.17. The first-order chi connectivity index (χ1) is 8.11. The number of halogens is 1. The smallest absolute Gasteiger partial charge is 0.339 e. The summed E-state index contributed by atoms with van der Waals surface area (Å²) in [7, 11) is 0. The molecule has 1 aromatic rings. The topological polar surface area (TPSA) is 40.5 Å². The molecule has 0 aliphatic heterocycles. The van der Waals surface area contributed by atoms with Crippen molar-refractivity contribution in [2.75, 3.05) is 18.0 Å². The Morgan fingerprint density at radius 1 is 1.29 bits per heavy atom. The zero-order valence-corrected chi connectivity index (χ0v) is 11.0. The fourth-order valence-electron chi connectivity index (χ4n) is 1.88. The summed E-state index contributed by atoms with van der Waals surface area (Å²) >= 11 is 5.96. The molecule has 17 heavy (non-hydrogen) atoms. The number of carbonyl (C=O) groups is 1. The molecule has 0 saturated carbocycles. The summed E-state index contributed by atoms with van der Waals surface area (Å²) in [4.78, 5) is 13.3. The maximum Gasteiger partial charge on any atom is 0.339 e. The molecule has 0 radical (unpaired) electrons. The van der Waals surface area contributed by atoms with Crippen molar-refractivity contribution in [3.8, 4) is 0 Å². The van der Waals surface area contributed by atoms with Gasteiger partial charge < -0.3 is 10.0 Å². The predicted molar refractivity (Wildman–Crippen MR) is 71.2 cm³/mol. The third-order valence-corrected chi connectivity index (χ3v) is 2.85. The molecular weight excluding hydrogens is 238 g/mol. The van der Waals surface area contributed by atoms with Gasteiger partial charge in [-0.3, -0.25) is 0 Å². The molecule has 0 aliphatic carbocycles. The van der Waals surface area contributed by atoms with Crippen molar-refractivity contribution in [3.05, 3.63) is 28.8 Å². The van der Waals surface area contributed by atoms with Crippen LogP contribution in [0.25, 0.3) is 0 Å². The SMILES string of the molecule is CCCN(CCC)c1cccc(Cl)c1C(=O)O. The van der Waals surface area contributed by atoms with Crippen molar-refractivity contribution in [1.29, 1.82) is 0 Å². The number of aromatic carboxylic acids is 1. The monoisotopic (exact) mass is 255 g/mol. The number of rotatable bonds is 6. The van der Waals surface area contributed by atoms with Crippen LogP contribution in [0, 0.1) is 0 Å². The molecule has 0 unspecified atom stereocenters. The van der Waals surface area contributed by atoms with Crippen LogP contribution in [0.3, 0.4) is 0 Å². The minimum absolute atomic E-state index is 0.205. The number of nitrogens with zero attached hydrogens (tertiary/aromatic N) is 1. The Hall–Kier alpha value is -1.22. The van der Waals surface area contributed by atoms with Gasteiger partial charge in [0, 0.05) is 13.1 Å². The van der Waals surface area contributed by atoms with Crippen molar-refractivity contribution in [2.24, 2.45) is 0 Å². The number of benzene rings is 1. The van der Waals surface area contributed by atoms with Crippen LogP contribution in [0.5, 0.6) is 0 Å². The summed E-state index contributed by atoms with van der Waals surface area (Å²) < 4.78 is 0. The van der Waals surface area contributed by atoms with E-state index in [0.29, 0.717) is 10.7 Å². The summed E-state index contributed by atoms with van der Waals surface area (Å²) in [5, 5.41) is 9.52. The van der Waals surface area contributed by atoms with Crippen LogP contribution in [0.1, 0.15) is 37.0 Å². The lowest BCUT2D eigenvalue weighted by molar-refractivity contribution is 0.0697. The van der Waals surface area contributed by atoms with Crippen molar-refractivity contribution in [1.82, 2.24) is 0 Å². The largest absolute Gasteiger partial charge is 0.478 e. The van der Waals surface area contributed by atoms with Crippen molar-refractivity contribution in [3.63, 3.8) is 0 Å². The first kappa shape index (κ1) is 13.8. The van der Waals surface area contributed by atoms with E-state index in [1.165, 1.54) is 0 Å². The van der Waals surface area contributed by atoms with Gasteiger partial charge in [-0.15, -0.1) is 0 Å². The van der Waals surface area contributed by atoms with Gasteiger partial charge in [0.15, 0.2) is 0 Å². The number of hydrogen-bond acceptors (Lipinski definition) is 2. The Morgan fingerprint density at radius 2 is 1.88 bits per heavy atom. The Labute approximate surface area is 107 Å². The van der Waals surface area contributed by atoms with E-state index < -0.39 is 5.97 Å². The van der Waals surface area contributed by atoms with Crippen LogP contribution >= 0.6 is 11.6 Å². The van der Waals surface area contributed by atoms with E-state index in [1.807, 2.05) is 6.07 Å². The zero-order valence-electron chi connectivity index (χ0n) is 10.2. The molecule has 0 amide bonds. The van der Waals surface area contributed by atoms with Crippen molar-refractivity contribution < 1.29 is 9.90 Å². The van der Waals surface area contributed by atoms with E-state index in [1.54, 1.807) is 12.1 Å². The maximum absolute atomic E-state index is 11.2. The van der Waals surface area contributed by atoms with Crippen molar-refractivity contribution >= 4 is 23.3 Å². The summed E-state index contributed by atoms with van der Waals surface area (Å²) in [6.07, 6.45) is 1.96. The zero-order chi connectivity index (χ0) is 12.8. The molecule has 0 atom stereocenters. The molecule has 3 nitrogen and oxygen atoms in total. The van der Waals surface area contributed by atoms with Gasteiger partial charge in [-0.1, -0.05) is 31.5 Å². The molecule has 0 fully saturated rings. The highest BCUT2D eigenvalue weighted by atomic mass is 35.5. The van der Waals surface area contributed by atoms with Crippen LogP contribution < -0.4 is 4.90 Å². The van der Waals surface area contributed by atoms with Crippen LogP contribution in [0.4, 0.5) is 5.69 Å². The lowest BCUT2D eigenvalue weighted by atomic mass is 10.1. The maximum atomic E-state index is 11.2. The van der Waals surface area contributed by atoms with Crippen molar-refractivity contribution in [2.45, 2.75) is 26.7 Å². The molecule has 1 rings (SSSR count). The number of carboxylic acid groups (broad SMARTS) is 1. The van der Waals surface area contributed by atoms with Gasteiger partial charge in [-0.05, 0) is 25.0 Å². The molecule has 1 N–H and O–H groups in total. The normalized spacial score (nSPS) is 10.3. The summed E-state index contributed by atoms with van der Waals surface area (Å²) in [6, 6.07) is 5.23. The van der Waals surface area contributed by atoms with Gasteiger partial charge in [0.05, 0.1) is 10.7 Å². The molecule has 0 heterocycles. The second-order valence-electron chi connectivity index (χ2n) is 3.93. The van der Waals surface area contributed by atoms with E-state index in [9.17, 15) is 9.90 Å². The molecule has 0 saturated heterocycles. The first-order valence-corrected chi connectivity index (χ1v) is 6.26. The number of anilines is 1. The molecule has 94 valence electrons. The number of carboxylic acids is 1. The van der Waals surface area contributed by atoms with Gasteiger partial charge in [-0.2, -0.15) is 0 Å². The Morgan fingerprint density at radius 3 is 2.35 bits per heavy atom. The quantitative estimate of drug-likeness (QED) is 0.843. The molecule has 1 aromatic carbocycles. The fourth-order valence-corrected chi connectivity index (χ4v) is 2.13. The fraction of sp³-hybridized carbons (Fsp3) is 0.462. The second-order valence-corrected chi connectivity index (χ2v) is 4.33. The molecular formula is C13H18ClNO2. The Bertz CT molecular complexity index is 387. The van der Waals surface area contributed by atoms with Gasteiger partial charge in [0.2, 0.25) is 0 Å². The van der Waals surface area contributed by atoms with Crippen LogP contribution in [-0.2, 0) is 0 Å². The minimum Gasteiger partial charge on any atom is -0.478 e. The van der Waals surface area contributed by atoms with Crippen LogP contribution in [0.2, 0.25) is 5.02 Å². The summed E-state index contributed by atoms with van der Waals surface area (Å²) in [5.41, 5.74) is 0.921. The van der Waals surface area contributed by atoms with Crippen LogP contribution in [-0.4, -0.2) is 24.2 Å². The van der Waals surface area contributed by atoms with E-state index in [0.717, 1.165) is 25.9 Å². The van der Waals surface area contributed by atoms with Gasteiger partial charge in [0.1, 0.15) is 5.56 Å². The molecule has 0 bridgehead atoms.